The lowest BCUT2D eigenvalue weighted by molar-refractivity contribution is -0.138. The SMILES string of the molecule is CCC(C(C)(C)CCCN1CCC[C@@H]1CO)[N+]1(c2ccc(C#N)c(C(F)(F)F)c2)C(=O)CNC1=S. The Hall–Kier alpha value is -2.06. The van der Waals surface area contributed by atoms with Gasteiger partial charge in [-0.15, -0.1) is 0 Å². The summed E-state index contributed by atoms with van der Waals surface area (Å²) in [7, 11) is 0. The van der Waals surface area contributed by atoms with Gasteiger partial charge in [-0.1, -0.05) is 20.8 Å². The fourth-order valence-corrected chi connectivity index (χ4v) is 6.41. The first-order valence-electron chi connectivity index (χ1n) is 12.1. The lowest BCUT2D eigenvalue weighted by Gasteiger charge is -2.45. The van der Waals surface area contributed by atoms with Gasteiger partial charge in [-0.3, -0.25) is 4.90 Å². The van der Waals surface area contributed by atoms with Crippen molar-refractivity contribution < 1.29 is 23.1 Å². The maximum Gasteiger partial charge on any atom is 0.417 e. The van der Waals surface area contributed by atoms with Crippen LogP contribution in [0.1, 0.15) is 64.0 Å². The van der Waals surface area contributed by atoms with Crippen molar-refractivity contribution in [2.45, 2.75) is 71.1 Å². The number of quaternary nitrogens is 1. The quantitative estimate of drug-likeness (QED) is 0.380. The molecule has 2 saturated heterocycles. The molecule has 192 valence electrons. The van der Waals surface area contributed by atoms with E-state index in [-0.39, 0.29) is 35.9 Å². The van der Waals surface area contributed by atoms with Crippen molar-refractivity contribution >= 4 is 28.9 Å². The van der Waals surface area contributed by atoms with Gasteiger partial charge in [-0.05, 0) is 51.3 Å². The van der Waals surface area contributed by atoms with E-state index < -0.39 is 33.2 Å². The summed E-state index contributed by atoms with van der Waals surface area (Å²) >= 11 is 5.61. The Morgan fingerprint density at radius 2 is 2.09 bits per heavy atom. The normalized spacial score (nSPS) is 24.5. The average molecular weight is 512 g/mol. The Bertz CT molecular complexity index is 989. The molecule has 35 heavy (non-hydrogen) atoms. The molecule has 2 N–H and O–H groups in total. The molecule has 6 nitrogen and oxygen atoms in total. The molecule has 3 atom stereocenters. The van der Waals surface area contributed by atoms with Gasteiger partial charge < -0.3 is 10.4 Å². The third-order valence-corrected chi connectivity index (χ3v) is 8.11. The third-order valence-electron chi connectivity index (χ3n) is 7.67. The van der Waals surface area contributed by atoms with Crippen LogP contribution in [0.15, 0.2) is 18.2 Å². The molecule has 10 heteroatoms. The zero-order valence-electron chi connectivity index (χ0n) is 20.5. The Kier molecular flexibility index (Phi) is 8.26. The standard InChI is InChI=1S/C25H33F3N4O2S/c1-4-21(24(2,3)10-6-12-31-11-5-7-18(31)16-33)32(22(34)15-30-23(32)35)19-9-8-17(14-29)20(13-19)25(26,27)28/h8-9,13,18,21,33H,4-7,10-12,15-16H2,1-3H3/p+1/t18-,21?,32?/m1/s1. The van der Waals surface area contributed by atoms with E-state index in [1.165, 1.54) is 6.07 Å². The molecule has 0 radical (unpaired) electrons. The van der Waals surface area contributed by atoms with Gasteiger partial charge in [0.05, 0.1) is 23.8 Å². The van der Waals surface area contributed by atoms with Crippen LogP contribution in [-0.4, -0.2) is 59.4 Å². The van der Waals surface area contributed by atoms with Crippen molar-refractivity contribution in [2.75, 3.05) is 26.2 Å². The summed E-state index contributed by atoms with van der Waals surface area (Å²) < 4.78 is 40.9. The number of likely N-dealkylation sites (tertiary alicyclic amines) is 1. The summed E-state index contributed by atoms with van der Waals surface area (Å²) in [5.74, 6) is -0.298. The van der Waals surface area contributed by atoms with Crippen LogP contribution in [-0.2, 0) is 11.0 Å². The fraction of sp³-hybridized carbons (Fsp3) is 0.640. The summed E-state index contributed by atoms with van der Waals surface area (Å²) in [4.78, 5) is 15.8. The number of amides is 1. The van der Waals surface area contributed by atoms with Gasteiger partial charge in [-0.25, -0.2) is 4.79 Å². The molecule has 0 bridgehead atoms. The van der Waals surface area contributed by atoms with Gasteiger partial charge in [0.25, 0.3) is 5.11 Å². The molecule has 2 heterocycles. The van der Waals surface area contributed by atoms with E-state index in [0.29, 0.717) is 6.42 Å². The number of alkyl halides is 3. The molecule has 1 amide bonds. The van der Waals surface area contributed by atoms with Crippen LogP contribution in [0.3, 0.4) is 0 Å². The second kappa shape index (κ2) is 10.5. The van der Waals surface area contributed by atoms with Gasteiger partial charge in [0.1, 0.15) is 18.3 Å². The summed E-state index contributed by atoms with van der Waals surface area (Å²) in [5, 5.41) is 21.9. The molecule has 2 aliphatic heterocycles. The molecule has 1 aromatic carbocycles. The van der Waals surface area contributed by atoms with Crippen LogP contribution >= 0.6 is 12.2 Å². The predicted octanol–water partition coefficient (Wildman–Crippen LogP) is 4.34. The second-order valence-electron chi connectivity index (χ2n) is 10.1. The molecule has 0 aliphatic carbocycles. The first kappa shape index (κ1) is 27.5. The number of nitrogens with one attached hydrogen (secondary N) is 1. The number of nitriles is 1. The first-order chi connectivity index (χ1) is 16.4. The monoisotopic (exact) mass is 511 g/mol. The molecular formula is C25H34F3N4O2S+. The summed E-state index contributed by atoms with van der Waals surface area (Å²) in [5.41, 5.74) is -1.85. The van der Waals surface area contributed by atoms with E-state index in [0.717, 1.165) is 50.9 Å². The number of hydrogen-bond acceptors (Lipinski definition) is 5. The molecule has 1 aromatic rings. The smallest absolute Gasteiger partial charge is 0.395 e. The second-order valence-corrected chi connectivity index (χ2v) is 10.5. The van der Waals surface area contributed by atoms with Crippen LogP contribution in [0.25, 0.3) is 0 Å². The van der Waals surface area contributed by atoms with Crippen molar-refractivity contribution in [3.8, 4) is 6.07 Å². The molecular weight excluding hydrogens is 477 g/mol. The highest BCUT2D eigenvalue weighted by atomic mass is 32.1. The Morgan fingerprint density at radius 1 is 1.37 bits per heavy atom. The van der Waals surface area contributed by atoms with Crippen molar-refractivity contribution in [3.05, 3.63) is 29.3 Å². The molecule has 0 spiro atoms. The number of hydrogen-bond donors (Lipinski definition) is 2. The first-order valence-corrected chi connectivity index (χ1v) is 12.5. The number of nitrogens with zero attached hydrogens (tertiary/aromatic N) is 3. The van der Waals surface area contributed by atoms with E-state index in [4.69, 9.17) is 12.2 Å². The molecule has 2 aliphatic rings. The number of thiocarbonyl (C=S) groups is 1. The van der Waals surface area contributed by atoms with Gasteiger partial charge in [0.2, 0.25) is 0 Å². The van der Waals surface area contributed by atoms with Crippen LogP contribution < -0.4 is 9.80 Å². The topological polar surface area (TPSA) is 76.4 Å². The van der Waals surface area contributed by atoms with Crippen LogP contribution in [0.4, 0.5) is 18.9 Å². The molecule has 0 saturated carbocycles. The highest BCUT2D eigenvalue weighted by Gasteiger charge is 2.58. The predicted molar refractivity (Wildman–Crippen MR) is 132 cm³/mol. The van der Waals surface area contributed by atoms with Crippen molar-refractivity contribution in [3.63, 3.8) is 0 Å². The van der Waals surface area contributed by atoms with Crippen molar-refractivity contribution in [1.82, 2.24) is 14.7 Å². The summed E-state index contributed by atoms with van der Waals surface area (Å²) in [6, 6.07) is 4.87. The van der Waals surface area contributed by atoms with E-state index in [1.54, 1.807) is 6.07 Å². The minimum Gasteiger partial charge on any atom is -0.395 e. The highest BCUT2D eigenvalue weighted by molar-refractivity contribution is 7.80. The average Bonchev–Trinajstić information content (AvgIpc) is 3.38. The molecule has 0 aromatic heterocycles. The Labute approximate surface area is 210 Å². The van der Waals surface area contributed by atoms with E-state index in [2.05, 4.69) is 10.2 Å². The largest absolute Gasteiger partial charge is 0.417 e. The minimum atomic E-state index is -4.74. The van der Waals surface area contributed by atoms with Gasteiger partial charge >= 0.3 is 12.1 Å². The van der Waals surface area contributed by atoms with E-state index >= 15 is 0 Å². The van der Waals surface area contributed by atoms with Gasteiger partial charge in [-0.2, -0.15) is 22.9 Å². The number of carbonyl (C=O) groups excluding carboxylic acids is 1. The molecule has 3 rings (SSSR count). The Morgan fingerprint density at radius 3 is 2.63 bits per heavy atom. The highest BCUT2D eigenvalue weighted by Crippen LogP contribution is 2.44. The number of benzene rings is 1. The number of aliphatic hydroxyl groups excluding tert-OH is 1. The zero-order valence-corrected chi connectivity index (χ0v) is 21.3. The zero-order chi connectivity index (χ0) is 26.0. The molecule has 2 fully saturated rings. The number of carbonyl (C=O) groups is 1. The Balaban J connectivity index is 1.99. The lowest BCUT2D eigenvalue weighted by Crippen LogP contribution is -2.65. The third kappa shape index (κ3) is 5.10. The van der Waals surface area contributed by atoms with Gasteiger partial charge in [0.15, 0.2) is 0 Å². The van der Waals surface area contributed by atoms with E-state index in [1.807, 2.05) is 20.8 Å². The maximum atomic E-state index is 13.8. The summed E-state index contributed by atoms with van der Waals surface area (Å²) in [6.07, 6.45) is -0.620. The number of rotatable bonds is 9. The maximum absolute atomic E-state index is 13.8. The summed E-state index contributed by atoms with van der Waals surface area (Å²) in [6.45, 7) is 7.84. The van der Waals surface area contributed by atoms with Crippen LogP contribution in [0.5, 0.6) is 0 Å². The van der Waals surface area contributed by atoms with Gasteiger partial charge in [0, 0.05) is 35.8 Å². The molecule has 2 unspecified atom stereocenters. The minimum absolute atomic E-state index is 0.0568. The lowest BCUT2D eigenvalue weighted by atomic mass is 9.76. The van der Waals surface area contributed by atoms with Crippen molar-refractivity contribution in [2.24, 2.45) is 5.41 Å². The van der Waals surface area contributed by atoms with Crippen molar-refractivity contribution in [1.29, 1.82) is 5.26 Å². The number of aliphatic hydroxyl groups is 1. The fourth-order valence-electron chi connectivity index (χ4n) is 6.01. The van der Waals surface area contributed by atoms with Crippen LogP contribution in [0.2, 0.25) is 0 Å². The van der Waals surface area contributed by atoms with E-state index in [9.17, 15) is 28.3 Å². The van der Waals surface area contributed by atoms with Crippen LogP contribution in [0, 0.1) is 16.7 Å². The number of halogens is 3.